The van der Waals surface area contributed by atoms with Crippen molar-refractivity contribution in [3.8, 4) is 0 Å². The standard InChI is InChI=1S/C26H25NO4/c1-17(28)30-23-15-19(14-18-8-4-2-5-9-18)26-24(23)25(29)21-11-10-20(16-22(21)31-26)27-12-6-3-7-13-27/h2,4-5,8-11,14,16,23H,3,6-7,12-13,15H2,1H3. The van der Waals surface area contributed by atoms with E-state index in [2.05, 4.69) is 4.90 Å². The first-order valence-corrected chi connectivity index (χ1v) is 10.9. The third-order valence-corrected chi connectivity index (χ3v) is 6.10. The van der Waals surface area contributed by atoms with Crippen LogP contribution >= 0.6 is 0 Å². The third-order valence-electron chi connectivity index (χ3n) is 6.10. The van der Waals surface area contributed by atoms with E-state index < -0.39 is 12.1 Å². The summed E-state index contributed by atoms with van der Waals surface area (Å²) in [5.41, 5.74) is 3.86. The first kappa shape index (κ1) is 19.6. The molecular formula is C26H25NO4. The van der Waals surface area contributed by atoms with E-state index in [1.165, 1.54) is 26.2 Å². The Balaban J connectivity index is 1.65. The van der Waals surface area contributed by atoms with Gasteiger partial charge >= 0.3 is 5.97 Å². The Labute approximate surface area is 180 Å². The lowest BCUT2D eigenvalue weighted by Gasteiger charge is -2.28. The van der Waals surface area contributed by atoms with Gasteiger partial charge in [0.05, 0.1) is 10.9 Å². The van der Waals surface area contributed by atoms with Crippen molar-refractivity contribution in [1.29, 1.82) is 0 Å². The number of rotatable bonds is 3. The maximum absolute atomic E-state index is 13.4. The number of fused-ring (bicyclic) bond motifs is 2. The number of nitrogens with zero attached hydrogens (tertiary/aromatic N) is 1. The highest BCUT2D eigenvalue weighted by molar-refractivity contribution is 5.89. The van der Waals surface area contributed by atoms with Gasteiger partial charge in [-0.25, -0.2) is 0 Å². The number of anilines is 1. The van der Waals surface area contributed by atoms with E-state index in [1.807, 2.05) is 54.6 Å². The molecule has 1 aliphatic heterocycles. The summed E-state index contributed by atoms with van der Waals surface area (Å²) in [6, 6.07) is 15.7. The lowest BCUT2D eigenvalue weighted by Crippen LogP contribution is -2.29. The molecule has 0 radical (unpaired) electrons. The number of carbonyl (C=O) groups excluding carboxylic acids is 1. The second-order valence-corrected chi connectivity index (χ2v) is 8.28. The summed E-state index contributed by atoms with van der Waals surface area (Å²) < 4.78 is 11.8. The van der Waals surface area contributed by atoms with Crippen molar-refractivity contribution in [2.75, 3.05) is 18.0 Å². The van der Waals surface area contributed by atoms with Gasteiger partial charge in [0.15, 0.2) is 5.43 Å². The molecule has 2 aliphatic rings. The summed E-state index contributed by atoms with van der Waals surface area (Å²) in [7, 11) is 0. The van der Waals surface area contributed by atoms with Crippen LogP contribution < -0.4 is 10.3 Å². The number of carbonyl (C=O) groups is 1. The van der Waals surface area contributed by atoms with Crippen LogP contribution in [0.1, 0.15) is 55.6 Å². The van der Waals surface area contributed by atoms with Crippen LogP contribution in [0.3, 0.4) is 0 Å². The predicted octanol–water partition coefficient (Wildman–Crippen LogP) is 5.33. The number of esters is 1. The molecule has 5 heteroatoms. The van der Waals surface area contributed by atoms with E-state index in [0.29, 0.717) is 28.7 Å². The molecule has 0 saturated carbocycles. The molecule has 158 valence electrons. The highest BCUT2D eigenvalue weighted by Crippen LogP contribution is 2.42. The number of ether oxygens (including phenoxy) is 1. The van der Waals surface area contributed by atoms with Crippen LogP contribution in [0.15, 0.2) is 57.7 Å². The second kappa shape index (κ2) is 8.06. The largest absolute Gasteiger partial charge is 0.457 e. The van der Waals surface area contributed by atoms with E-state index >= 15 is 0 Å². The Morgan fingerprint density at radius 1 is 1.10 bits per heavy atom. The fraction of sp³-hybridized carbons (Fsp3) is 0.308. The molecule has 1 aliphatic carbocycles. The summed E-state index contributed by atoms with van der Waals surface area (Å²) in [6.45, 7) is 3.41. The lowest BCUT2D eigenvalue weighted by atomic mass is 10.1. The van der Waals surface area contributed by atoms with Gasteiger partial charge in [-0.3, -0.25) is 9.59 Å². The van der Waals surface area contributed by atoms with E-state index in [9.17, 15) is 9.59 Å². The van der Waals surface area contributed by atoms with Crippen LogP contribution in [-0.2, 0) is 9.53 Å². The zero-order valence-electron chi connectivity index (χ0n) is 17.6. The quantitative estimate of drug-likeness (QED) is 0.541. The minimum Gasteiger partial charge on any atom is -0.457 e. The number of benzene rings is 2. The summed E-state index contributed by atoms with van der Waals surface area (Å²) in [4.78, 5) is 27.4. The Bertz CT molecular complexity index is 1220. The smallest absolute Gasteiger partial charge is 0.303 e. The first-order chi connectivity index (χ1) is 15.1. The molecular weight excluding hydrogens is 390 g/mol. The Hall–Kier alpha value is -3.34. The third kappa shape index (κ3) is 3.76. The average Bonchev–Trinajstić information content (AvgIpc) is 3.11. The zero-order valence-corrected chi connectivity index (χ0v) is 17.6. The van der Waals surface area contributed by atoms with Gasteiger partial charge in [-0.05, 0) is 48.6 Å². The molecule has 2 aromatic carbocycles. The molecule has 5 rings (SSSR count). The molecule has 31 heavy (non-hydrogen) atoms. The average molecular weight is 415 g/mol. The van der Waals surface area contributed by atoms with E-state index in [-0.39, 0.29) is 5.43 Å². The summed E-state index contributed by atoms with van der Waals surface area (Å²) in [5, 5.41) is 0.526. The lowest BCUT2D eigenvalue weighted by molar-refractivity contribution is -0.146. The van der Waals surface area contributed by atoms with Crippen molar-refractivity contribution in [1.82, 2.24) is 0 Å². The highest BCUT2D eigenvalue weighted by Gasteiger charge is 2.35. The van der Waals surface area contributed by atoms with Crippen molar-refractivity contribution < 1.29 is 13.9 Å². The molecule has 0 N–H and O–H groups in total. The molecule has 1 atom stereocenters. The van der Waals surface area contributed by atoms with Crippen LogP contribution in [0.25, 0.3) is 22.6 Å². The fourth-order valence-electron chi connectivity index (χ4n) is 4.65. The van der Waals surface area contributed by atoms with Crippen molar-refractivity contribution in [2.24, 2.45) is 0 Å². The van der Waals surface area contributed by atoms with Gasteiger partial charge in [0.1, 0.15) is 17.4 Å². The maximum Gasteiger partial charge on any atom is 0.303 e. The molecule has 5 nitrogen and oxygen atoms in total. The van der Waals surface area contributed by atoms with Crippen LogP contribution in [0.4, 0.5) is 5.69 Å². The number of hydrogen-bond acceptors (Lipinski definition) is 5. The zero-order chi connectivity index (χ0) is 21.4. The van der Waals surface area contributed by atoms with Gasteiger partial charge in [0, 0.05) is 38.2 Å². The highest BCUT2D eigenvalue weighted by atomic mass is 16.5. The Morgan fingerprint density at radius 3 is 2.61 bits per heavy atom. The van der Waals surface area contributed by atoms with Crippen LogP contribution in [0.5, 0.6) is 0 Å². The van der Waals surface area contributed by atoms with Crippen molar-refractivity contribution in [3.63, 3.8) is 0 Å². The van der Waals surface area contributed by atoms with Gasteiger partial charge in [-0.1, -0.05) is 30.3 Å². The van der Waals surface area contributed by atoms with Crippen molar-refractivity contribution in [3.05, 3.63) is 75.6 Å². The van der Waals surface area contributed by atoms with Gasteiger partial charge in [0.2, 0.25) is 0 Å². The summed E-state index contributed by atoms with van der Waals surface area (Å²) in [5.74, 6) is 0.125. The fourth-order valence-corrected chi connectivity index (χ4v) is 4.65. The second-order valence-electron chi connectivity index (χ2n) is 8.28. The van der Waals surface area contributed by atoms with Crippen LogP contribution in [0.2, 0.25) is 0 Å². The van der Waals surface area contributed by atoms with Crippen molar-refractivity contribution in [2.45, 2.75) is 38.7 Å². The first-order valence-electron chi connectivity index (χ1n) is 10.9. The topological polar surface area (TPSA) is 59.8 Å². The summed E-state index contributed by atoms with van der Waals surface area (Å²) >= 11 is 0. The van der Waals surface area contributed by atoms with Crippen molar-refractivity contribution >= 4 is 34.3 Å². The molecule has 1 fully saturated rings. The molecule has 1 aromatic heterocycles. The minimum absolute atomic E-state index is 0.121. The van der Waals surface area contributed by atoms with E-state index in [0.717, 1.165) is 29.9 Å². The normalized spacial score (nSPS) is 19.6. The maximum atomic E-state index is 13.4. The Morgan fingerprint density at radius 2 is 1.87 bits per heavy atom. The van der Waals surface area contributed by atoms with Gasteiger partial charge < -0.3 is 14.1 Å². The Kier molecular flexibility index (Phi) is 5.10. The molecule has 2 heterocycles. The molecule has 1 unspecified atom stereocenters. The molecule has 0 bridgehead atoms. The van der Waals surface area contributed by atoms with E-state index in [1.54, 1.807) is 0 Å². The minimum atomic E-state index is -0.620. The monoisotopic (exact) mass is 415 g/mol. The number of piperidine rings is 1. The van der Waals surface area contributed by atoms with Gasteiger partial charge in [0.25, 0.3) is 0 Å². The molecule has 3 aromatic rings. The number of hydrogen-bond donors (Lipinski definition) is 0. The molecule has 0 amide bonds. The van der Waals surface area contributed by atoms with Gasteiger partial charge in [-0.2, -0.15) is 0 Å². The molecule has 1 saturated heterocycles. The molecule has 0 spiro atoms. The SMILES string of the molecule is CC(=O)OC1CC(=Cc2ccccc2)c2oc3cc(N4CCCCC4)ccc3c(=O)c21. The predicted molar refractivity (Wildman–Crippen MR) is 122 cm³/mol. The van der Waals surface area contributed by atoms with Crippen LogP contribution in [0, 0.1) is 0 Å². The van der Waals surface area contributed by atoms with Gasteiger partial charge in [-0.15, -0.1) is 0 Å². The van der Waals surface area contributed by atoms with E-state index in [4.69, 9.17) is 9.15 Å². The van der Waals surface area contributed by atoms with Crippen LogP contribution in [-0.4, -0.2) is 19.1 Å². The summed E-state index contributed by atoms with van der Waals surface area (Å²) in [6.07, 6.45) is 5.44.